The Bertz CT molecular complexity index is 656. The molecule has 2 rings (SSSR count). The van der Waals surface area contributed by atoms with Gasteiger partial charge in [-0.1, -0.05) is 31.2 Å². The molecule has 108 valence electrons. The van der Waals surface area contributed by atoms with Crippen molar-refractivity contribution in [3.8, 4) is 6.07 Å². The molecule has 21 heavy (non-hydrogen) atoms. The first kappa shape index (κ1) is 15.1. The number of nitrogens with zero attached hydrogens (tertiary/aromatic N) is 2. The van der Waals surface area contributed by atoms with Gasteiger partial charge in [0.05, 0.1) is 11.3 Å². The second kappa shape index (κ2) is 6.92. The summed E-state index contributed by atoms with van der Waals surface area (Å²) in [4.78, 5) is 2.07. The van der Waals surface area contributed by atoms with Crippen LogP contribution in [-0.4, -0.2) is 13.6 Å². The van der Waals surface area contributed by atoms with Crippen molar-refractivity contribution in [1.29, 1.82) is 5.26 Å². The van der Waals surface area contributed by atoms with Crippen molar-refractivity contribution in [3.05, 3.63) is 59.2 Å². The first-order valence-corrected chi connectivity index (χ1v) is 7.20. The van der Waals surface area contributed by atoms with E-state index in [-0.39, 0.29) is 0 Å². The van der Waals surface area contributed by atoms with Crippen molar-refractivity contribution in [1.82, 2.24) is 5.32 Å². The summed E-state index contributed by atoms with van der Waals surface area (Å²) in [6.07, 6.45) is 0. The largest absolute Gasteiger partial charge is 0.343 e. The van der Waals surface area contributed by atoms with Crippen LogP contribution in [0.1, 0.15) is 23.6 Å². The van der Waals surface area contributed by atoms with E-state index in [1.807, 2.05) is 31.3 Å². The zero-order valence-electron chi connectivity index (χ0n) is 12.9. The minimum Gasteiger partial charge on any atom is -0.343 e. The molecule has 0 radical (unpaired) electrons. The van der Waals surface area contributed by atoms with E-state index in [1.54, 1.807) is 0 Å². The number of benzene rings is 2. The quantitative estimate of drug-likeness (QED) is 0.906. The van der Waals surface area contributed by atoms with Crippen molar-refractivity contribution in [2.24, 2.45) is 0 Å². The number of aryl methyl sites for hydroxylation is 1. The van der Waals surface area contributed by atoms with Crippen molar-refractivity contribution in [2.75, 3.05) is 18.5 Å². The van der Waals surface area contributed by atoms with E-state index in [4.69, 9.17) is 0 Å². The number of rotatable bonds is 5. The molecule has 0 spiro atoms. The maximum atomic E-state index is 9.44. The smallest absolute Gasteiger partial charge is 0.101 e. The predicted molar refractivity (Wildman–Crippen MR) is 87.8 cm³/mol. The zero-order valence-corrected chi connectivity index (χ0v) is 12.9. The predicted octanol–water partition coefficient (Wildman–Crippen LogP) is 3.74. The van der Waals surface area contributed by atoms with E-state index >= 15 is 0 Å². The normalized spacial score (nSPS) is 10.2. The molecule has 1 N–H and O–H groups in total. The molecule has 0 heterocycles. The first-order chi connectivity index (χ1) is 10.2. The minimum atomic E-state index is 0.705. The summed E-state index contributed by atoms with van der Waals surface area (Å²) in [5, 5.41) is 12.7. The molecule has 0 fully saturated rings. The van der Waals surface area contributed by atoms with Crippen LogP contribution in [0.3, 0.4) is 0 Å². The van der Waals surface area contributed by atoms with Gasteiger partial charge in [0.2, 0.25) is 0 Å². The van der Waals surface area contributed by atoms with Crippen LogP contribution in [-0.2, 0) is 6.54 Å². The second-order valence-electron chi connectivity index (χ2n) is 5.09. The lowest BCUT2D eigenvalue weighted by molar-refractivity contribution is 0.726. The van der Waals surface area contributed by atoms with Gasteiger partial charge in [0.1, 0.15) is 6.07 Å². The summed E-state index contributed by atoms with van der Waals surface area (Å²) in [7, 11) is 2.00. The van der Waals surface area contributed by atoms with Gasteiger partial charge in [0.25, 0.3) is 0 Å². The maximum absolute atomic E-state index is 9.44. The van der Waals surface area contributed by atoms with Crippen molar-refractivity contribution < 1.29 is 0 Å². The lowest BCUT2D eigenvalue weighted by Crippen LogP contribution is -2.14. The molecular weight excluding hydrogens is 258 g/mol. The fourth-order valence-corrected chi connectivity index (χ4v) is 2.41. The molecule has 0 saturated carbocycles. The molecule has 0 unspecified atom stereocenters. The monoisotopic (exact) mass is 279 g/mol. The van der Waals surface area contributed by atoms with E-state index in [2.05, 4.69) is 48.3 Å². The van der Waals surface area contributed by atoms with Gasteiger partial charge in [0, 0.05) is 19.3 Å². The van der Waals surface area contributed by atoms with E-state index in [0.29, 0.717) is 5.56 Å². The van der Waals surface area contributed by atoms with Gasteiger partial charge < -0.3 is 10.2 Å². The summed E-state index contributed by atoms with van der Waals surface area (Å²) in [5.74, 6) is 0. The molecule has 0 bridgehead atoms. The summed E-state index contributed by atoms with van der Waals surface area (Å²) >= 11 is 0. The average molecular weight is 279 g/mol. The molecule has 0 aromatic heterocycles. The van der Waals surface area contributed by atoms with E-state index in [0.717, 1.165) is 30.0 Å². The molecule has 0 amide bonds. The first-order valence-electron chi connectivity index (χ1n) is 7.20. The fourth-order valence-electron chi connectivity index (χ4n) is 2.41. The summed E-state index contributed by atoms with van der Waals surface area (Å²) < 4.78 is 0. The van der Waals surface area contributed by atoms with Crippen LogP contribution in [0.15, 0.2) is 42.5 Å². The van der Waals surface area contributed by atoms with E-state index in [9.17, 15) is 5.26 Å². The van der Waals surface area contributed by atoms with Crippen LogP contribution in [0, 0.1) is 18.3 Å². The molecule has 0 aliphatic carbocycles. The Labute approximate surface area is 126 Å². The van der Waals surface area contributed by atoms with Crippen LogP contribution in [0.4, 0.5) is 11.4 Å². The molecule has 0 aliphatic heterocycles. The Kier molecular flexibility index (Phi) is 4.97. The number of anilines is 2. The molecule has 3 heteroatoms. The van der Waals surface area contributed by atoms with Crippen LogP contribution < -0.4 is 10.2 Å². The molecule has 0 atom stereocenters. The molecular formula is C18H21N3. The summed E-state index contributed by atoms with van der Waals surface area (Å²) in [5.41, 5.74) is 5.09. The van der Waals surface area contributed by atoms with Gasteiger partial charge in [-0.25, -0.2) is 0 Å². The van der Waals surface area contributed by atoms with Crippen molar-refractivity contribution in [3.63, 3.8) is 0 Å². The SMILES string of the molecule is CCNCc1ccc(N(C)c2ccccc2C)c(C#N)c1. The average Bonchev–Trinajstić information content (AvgIpc) is 2.52. The van der Waals surface area contributed by atoms with Crippen LogP contribution in [0.2, 0.25) is 0 Å². The lowest BCUT2D eigenvalue weighted by Gasteiger charge is -2.23. The third kappa shape index (κ3) is 3.42. The number of nitriles is 1. The van der Waals surface area contributed by atoms with Crippen LogP contribution in [0.5, 0.6) is 0 Å². The van der Waals surface area contributed by atoms with Crippen molar-refractivity contribution >= 4 is 11.4 Å². The standard InChI is InChI=1S/C18H21N3/c1-4-20-13-15-9-10-18(16(11-15)12-19)21(3)17-8-6-5-7-14(17)2/h5-11,20H,4,13H2,1-3H3. The molecule has 3 nitrogen and oxygen atoms in total. The van der Waals surface area contributed by atoms with Gasteiger partial charge in [0.15, 0.2) is 0 Å². The van der Waals surface area contributed by atoms with Crippen LogP contribution in [0.25, 0.3) is 0 Å². The summed E-state index contributed by atoms with van der Waals surface area (Å²) in [6.45, 7) is 5.87. The number of hydrogen-bond acceptors (Lipinski definition) is 3. The van der Waals surface area contributed by atoms with Gasteiger partial charge in [-0.3, -0.25) is 0 Å². The van der Waals surface area contributed by atoms with Crippen molar-refractivity contribution in [2.45, 2.75) is 20.4 Å². The van der Waals surface area contributed by atoms with E-state index in [1.165, 1.54) is 5.56 Å². The van der Waals surface area contributed by atoms with Crippen LogP contribution >= 0.6 is 0 Å². The van der Waals surface area contributed by atoms with E-state index < -0.39 is 0 Å². The third-order valence-electron chi connectivity index (χ3n) is 3.60. The third-order valence-corrected chi connectivity index (χ3v) is 3.60. The molecule has 0 saturated heterocycles. The highest BCUT2D eigenvalue weighted by molar-refractivity contribution is 5.71. The Hall–Kier alpha value is -2.31. The highest BCUT2D eigenvalue weighted by Gasteiger charge is 2.11. The molecule has 0 aliphatic rings. The molecule has 2 aromatic carbocycles. The Balaban J connectivity index is 2.35. The Morgan fingerprint density at radius 1 is 1.14 bits per heavy atom. The highest BCUT2D eigenvalue weighted by atomic mass is 15.1. The van der Waals surface area contributed by atoms with Gasteiger partial charge in [-0.2, -0.15) is 5.26 Å². The number of hydrogen-bond donors (Lipinski definition) is 1. The number of nitrogens with one attached hydrogen (secondary N) is 1. The topological polar surface area (TPSA) is 39.1 Å². The second-order valence-corrected chi connectivity index (χ2v) is 5.09. The van der Waals surface area contributed by atoms with Gasteiger partial charge >= 0.3 is 0 Å². The minimum absolute atomic E-state index is 0.705. The van der Waals surface area contributed by atoms with Gasteiger partial charge in [-0.05, 0) is 42.8 Å². The number of para-hydroxylation sites is 1. The Morgan fingerprint density at radius 3 is 2.57 bits per heavy atom. The van der Waals surface area contributed by atoms with Gasteiger partial charge in [-0.15, -0.1) is 0 Å². The lowest BCUT2D eigenvalue weighted by atomic mass is 10.1. The molecule has 2 aromatic rings. The maximum Gasteiger partial charge on any atom is 0.101 e. The summed E-state index contributed by atoms with van der Waals surface area (Å²) in [6, 6.07) is 16.6. The fraction of sp³-hybridized carbons (Fsp3) is 0.278. The Morgan fingerprint density at radius 2 is 1.90 bits per heavy atom. The zero-order chi connectivity index (χ0) is 15.2. The highest BCUT2D eigenvalue weighted by Crippen LogP contribution is 2.29.